The summed E-state index contributed by atoms with van der Waals surface area (Å²) in [5, 5.41) is 9.99. The molecule has 0 bridgehead atoms. The number of nitrogens with one attached hydrogen (secondary N) is 2. The minimum absolute atomic E-state index is 0.00151. The standard InChI is InChI=1S/C18H28N4O3/c1-12-16(13(2)25-21-12)10-19-17(23)14-6-5-9-22(11-14)18(24)20-15-7-3-4-8-15/h14-15H,3-11H2,1-2H3,(H,19,23)(H,20,24)/t14-/m1/s1. The molecule has 1 aromatic heterocycles. The number of piperidine rings is 1. The van der Waals surface area contributed by atoms with E-state index in [1.165, 1.54) is 12.8 Å². The maximum atomic E-state index is 12.5. The van der Waals surface area contributed by atoms with Crippen molar-refractivity contribution in [3.8, 4) is 0 Å². The zero-order chi connectivity index (χ0) is 17.8. The molecule has 1 aliphatic carbocycles. The third kappa shape index (κ3) is 4.32. The Morgan fingerprint density at radius 3 is 2.64 bits per heavy atom. The molecule has 0 aromatic carbocycles. The maximum absolute atomic E-state index is 12.5. The van der Waals surface area contributed by atoms with Crippen LogP contribution >= 0.6 is 0 Å². The molecule has 2 heterocycles. The largest absolute Gasteiger partial charge is 0.361 e. The first-order valence-electron chi connectivity index (χ1n) is 9.29. The molecule has 1 aromatic rings. The van der Waals surface area contributed by atoms with E-state index in [9.17, 15) is 9.59 Å². The van der Waals surface area contributed by atoms with Gasteiger partial charge in [0.1, 0.15) is 5.76 Å². The summed E-state index contributed by atoms with van der Waals surface area (Å²) in [4.78, 5) is 26.7. The lowest BCUT2D eigenvalue weighted by Crippen LogP contribution is -2.50. The van der Waals surface area contributed by atoms with Crippen molar-refractivity contribution in [2.45, 2.75) is 65.0 Å². The Labute approximate surface area is 148 Å². The minimum atomic E-state index is -0.149. The van der Waals surface area contributed by atoms with Crippen LogP contribution < -0.4 is 10.6 Å². The topological polar surface area (TPSA) is 87.5 Å². The van der Waals surface area contributed by atoms with Crippen molar-refractivity contribution >= 4 is 11.9 Å². The fourth-order valence-corrected chi connectivity index (χ4v) is 3.79. The highest BCUT2D eigenvalue weighted by atomic mass is 16.5. The monoisotopic (exact) mass is 348 g/mol. The van der Waals surface area contributed by atoms with Gasteiger partial charge >= 0.3 is 6.03 Å². The zero-order valence-electron chi connectivity index (χ0n) is 15.1. The van der Waals surface area contributed by atoms with Crippen LogP contribution in [-0.2, 0) is 11.3 Å². The van der Waals surface area contributed by atoms with Gasteiger partial charge in [0.2, 0.25) is 5.91 Å². The number of likely N-dealkylation sites (tertiary alicyclic amines) is 1. The van der Waals surface area contributed by atoms with Crippen LogP contribution in [0.2, 0.25) is 0 Å². The lowest BCUT2D eigenvalue weighted by atomic mass is 9.97. The van der Waals surface area contributed by atoms with Crippen LogP contribution in [0, 0.1) is 19.8 Å². The number of aromatic nitrogens is 1. The summed E-state index contributed by atoms with van der Waals surface area (Å²) in [6, 6.07) is 0.288. The van der Waals surface area contributed by atoms with E-state index in [1.54, 1.807) is 4.90 Å². The Kier molecular flexibility index (Phi) is 5.60. The first-order valence-corrected chi connectivity index (χ1v) is 9.29. The highest BCUT2D eigenvalue weighted by Crippen LogP contribution is 2.20. The van der Waals surface area contributed by atoms with E-state index in [-0.39, 0.29) is 17.9 Å². The molecule has 2 aliphatic rings. The van der Waals surface area contributed by atoms with E-state index in [1.807, 2.05) is 13.8 Å². The lowest BCUT2D eigenvalue weighted by Gasteiger charge is -2.33. The van der Waals surface area contributed by atoms with Crippen LogP contribution in [0.1, 0.15) is 55.5 Å². The summed E-state index contributed by atoms with van der Waals surface area (Å²) in [7, 11) is 0. The Balaban J connectivity index is 1.50. The molecular weight excluding hydrogens is 320 g/mol. The van der Waals surface area contributed by atoms with Gasteiger partial charge in [-0.3, -0.25) is 4.79 Å². The van der Waals surface area contributed by atoms with E-state index in [0.717, 1.165) is 49.2 Å². The van der Waals surface area contributed by atoms with Gasteiger partial charge in [-0.05, 0) is 39.5 Å². The van der Waals surface area contributed by atoms with Gasteiger partial charge in [0.15, 0.2) is 0 Å². The molecule has 1 saturated heterocycles. The predicted molar refractivity (Wildman–Crippen MR) is 92.9 cm³/mol. The lowest BCUT2D eigenvalue weighted by molar-refractivity contribution is -0.126. The molecule has 25 heavy (non-hydrogen) atoms. The highest BCUT2D eigenvalue weighted by molar-refractivity contribution is 5.81. The third-order valence-electron chi connectivity index (χ3n) is 5.38. The van der Waals surface area contributed by atoms with Gasteiger partial charge in [0.05, 0.1) is 11.6 Å². The minimum Gasteiger partial charge on any atom is -0.361 e. The molecule has 138 valence electrons. The second-order valence-electron chi connectivity index (χ2n) is 7.24. The quantitative estimate of drug-likeness (QED) is 0.874. The molecular formula is C18H28N4O3. The molecule has 0 unspecified atom stereocenters. The Morgan fingerprint density at radius 2 is 1.96 bits per heavy atom. The number of amides is 3. The van der Waals surface area contributed by atoms with Crippen LogP contribution in [0.3, 0.4) is 0 Å². The summed E-state index contributed by atoms with van der Waals surface area (Å²) in [5.74, 6) is 0.584. The van der Waals surface area contributed by atoms with Gasteiger partial charge in [-0.25, -0.2) is 4.79 Å². The van der Waals surface area contributed by atoms with Crippen molar-refractivity contribution in [1.82, 2.24) is 20.7 Å². The van der Waals surface area contributed by atoms with Crippen molar-refractivity contribution < 1.29 is 14.1 Å². The van der Waals surface area contributed by atoms with E-state index in [0.29, 0.717) is 19.1 Å². The van der Waals surface area contributed by atoms with Gasteiger partial charge in [-0.2, -0.15) is 0 Å². The number of urea groups is 1. The Hall–Kier alpha value is -2.05. The molecule has 7 nitrogen and oxygen atoms in total. The summed E-state index contributed by atoms with van der Waals surface area (Å²) in [5.41, 5.74) is 1.74. The van der Waals surface area contributed by atoms with Gasteiger partial charge < -0.3 is 20.1 Å². The number of hydrogen-bond acceptors (Lipinski definition) is 4. The predicted octanol–water partition coefficient (Wildman–Crippen LogP) is 2.27. The normalized spacial score (nSPS) is 21.4. The molecule has 3 rings (SSSR count). The molecule has 3 amide bonds. The number of hydrogen-bond donors (Lipinski definition) is 2. The molecule has 2 N–H and O–H groups in total. The molecule has 2 fully saturated rings. The number of nitrogens with zero attached hydrogens (tertiary/aromatic N) is 2. The van der Waals surface area contributed by atoms with Crippen LogP contribution in [0.4, 0.5) is 4.79 Å². The SMILES string of the molecule is Cc1noc(C)c1CNC(=O)[C@@H]1CCCN(C(=O)NC2CCCC2)C1. The Bertz CT molecular complexity index is 602. The molecule has 0 spiro atoms. The summed E-state index contributed by atoms with van der Waals surface area (Å²) in [6.45, 7) is 5.36. The van der Waals surface area contributed by atoms with Crippen LogP contribution in [-0.4, -0.2) is 41.1 Å². The smallest absolute Gasteiger partial charge is 0.317 e. The van der Waals surface area contributed by atoms with E-state index in [4.69, 9.17) is 4.52 Å². The number of aryl methyl sites for hydroxylation is 2. The molecule has 1 saturated carbocycles. The van der Waals surface area contributed by atoms with Gasteiger partial charge in [0.25, 0.3) is 0 Å². The van der Waals surface area contributed by atoms with Gasteiger partial charge in [-0.1, -0.05) is 18.0 Å². The van der Waals surface area contributed by atoms with Gasteiger partial charge in [-0.15, -0.1) is 0 Å². The average Bonchev–Trinajstić information content (AvgIpc) is 3.23. The maximum Gasteiger partial charge on any atom is 0.317 e. The van der Waals surface area contributed by atoms with Crippen molar-refractivity contribution in [2.24, 2.45) is 5.92 Å². The van der Waals surface area contributed by atoms with E-state index in [2.05, 4.69) is 15.8 Å². The van der Waals surface area contributed by atoms with Crippen LogP contribution in [0.5, 0.6) is 0 Å². The first-order chi connectivity index (χ1) is 12.0. The average molecular weight is 348 g/mol. The summed E-state index contributed by atoms with van der Waals surface area (Å²) in [6.07, 6.45) is 6.21. The second kappa shape index (κ2) is 7.89. The van der Waals surface area contributed by atoms with E-state index < -0.39 is 0 Å². The number of rotatable bonds is 4. The molecule has 0 radical (unpaired) electrons. The highest BCUT2D eigenvalue weighted by Gasteiger charge is 2.29. The molecule has 1 atom stereocenters. The van der Waals surface area contributed by atoms with E-state index >= 15 is 0 Å². The zero-order valence-corrected chi connectivity index (χ0v) is 15.1. The number of carbonyl (C=O) groups excluding carboxylic acids is 2. The summed E-state index contributed by atoms with van der Waals surface area (Å²) >= 11 is 0. The van der Waals surface area contributed by atoms with Crippen molar-refractivity contribution in [3.63, 3.8) is 0 Å². The van der Waals surface area contributed by atoms with Crippen molar-refractivity contribution in [3.05, 3.63) is 17.0 Å². The van der Waals surface area contributed by atoms with Crippen molar-refractivity contribution in [1.29, 1.82) is 0 Å². The summed E-state index contributed by atoms with van der Waals surface area (Å²) < 4.78 is 5.12. The van der Waals surface area contributed by atoms with Crippen LogP contribution in [0.15, 0.2) is 4.52 Å². The molecule has 7 heteroatoms. The van der Waals surface area contributed by atoms with Crippen LogP contribution in [0.25, 0.3) is 0 Å². The third-order valence-corrected chi connectivity index (χ3v) is 5.38. The Morgan fingerprint density at radius 1 is 1.20 bits per heavy atom. The second-order valence-corrected chi connectivity index (χ2v) is 7.24. The fraction of sp³-hybridized carbons (Fsp3) is 0.722. The molecule has 1 aliphatic heterocycles. The number of carbonyl (C=O) groups is 2. The van der Waals surface area contributed by atoms with Crippen molar-refractivity contribution in [2.75, 3.05) is 13.1 Å². The first kappa shape index (κ1) is 17.8. The van der Waals surface area contributed by atoms with Gasteiger partial charge in [0, 0.05) is 31.2 Å². The fourth-order valence-electron chi connectivity index (χ4n) is 3.79.